The molecule has 148 valence electrons. The predicted octanol–water partition coefficient (Wildman–Crippen LogP) is 2.18. The van der Waals surface area contributed by atoms with Crippen LogP contribution in [-0.2, 0) is 22.6 Å². The Kier molecular flexibility index (Phi) is 6.76. The van der Waals surface area contributed by atoms with Crippen molar-refractivity contribution in [3.8, 4) is 0 Å². The van der Waals surface area contributed by atoms with Crippen molar-refractivity contribution in [3.05, 3.63) is 71.0 Å². The third kappa shape index (κ3) is 5.16. The number of benzene rings is 2. The molecule has 0 aliphatic carbocycles. The van der Waals surface area contributed by atoms with E-state index < -0.39 is 6.04 Å². The number of piperazine rings is 1. The monoisotopic (exact) mass is 383 g/mol. The summed E-state index contributed by atoms with van der Waals surface area (Å²) in [7, 11) is 0. The molecule has 1 saturated heterocycles. The second-order valence-corrected chi connectivity index (χ2v) is 7.10. The lowest BCUT2D eigenvalue weighted by molar-refractivity contribution is -0.134. The van der Waals surface area contributed by atoms with E-state index in [-0.39, 0.29) is 24.1 Å². The summed E-state index contributed by atoms with van der Waals surface area (Å²) in [5, 5.41) is 5.66. The average molecular weight is 383 g/mol. The summed E-state index contributed by atoms with van der Waals surface area (Å²) in [4.78, 5) is 26.8. The Balaban J connectivity index is 1.56. The van der Waals surface area contributed by atoms with Crippen LogP contribution in [0.4, 0.5) is 4.39 Å². The molecule has 2 aromatic rings. The van der Waals surface area contributed by atoms with Crippen molar-refractivity contribution in [2.75, 3.05) is 19.6 Å². The predicted molar refractivity (Wildman–Crippen MR) is 106 cm³/mol. The normalized spacial score (nSPS) is 17.2. The van der Waals surface area contributed by atoms with Crippen molar-refractivity contribution < 1.29 is 14.0 Å². The van der Waals surface area contributed by atoms with Crippen molar-refractivity contribution in [1.82, 2.24) is 15.5 Å². The van der Waals surface area contributed by atoms with Crippen LogP contribution in [0.25, 0.3) is 0 Å². The molecule has 0 bridgehead atoms. The molecular weight excluding hydrogens is 357 g/mol. The number of rotatable bonds is 7. The van der Waals surface area contributed by atoms with Crippen LogP contribution >= 0.6 is 0 Å². The zero-order valence-corrected chi connectivity index (χ0v) is 16.1. The molecule has 1 aliphatic heterocycles. The molecular formula is C22H26FN3O2. The van der Waals surface area contributed by atoms with E-state index in [0.29, 0.717) is 38.2 Å². The van der Waals surface area contributed by atoms with Gasteiger partial charge >= 0.3 is 0 Å². The number of aryl methyl sites for hydroxylation is 1. The zero-order chi connectivity index (χ0) is 19.9. The van der Waals surface area contributed by atoms with Gasteiger partial charge in [0.2, 0.25) is 11.8 Å². The van der Waals surface area contributed by atoms with Crippen LogP contribution in [0.15, 0.2) is 48.5 Å². The van der Waals surface area contributed by atoms with Crippen LogP contribution in [0.1, 0.15) is 23.1 Å². The Morgan fingerprint density at radius 3 is 2.64 bits per heavy atom. The summed E-state index contributed by atoms with van der Waals surface area (Å²) >= 11 is 0. The number of nitrogens with zero attached hydrogens (tertiary/aromatic N) is 1. The van der Waals surface area contributed by atoms with Crippen LogP contribution < -0.4 is 10.6 Å². The first-order valence-electron chi connectivity index (χ1n) is 9.61. The second kappa shape index (κ2) is 9.46. The van der Waals surface area contributed by atoms with Crippen molar-refractivity contribution in [2.24, 2.45) is 0 Å². The Labute approximate surface area is 164 Å². The highest BCUT2D eigenvalue weighted by Gasteiger charge is 2.31. The van der Waals surface area contributed by atoms with Crippen LogP contribution in [0.5, 0.6) is 0 Å². The van der Waals surface area contributed by atoms with Crippen molar-refractivity contribution in [3.63, 3.8) is 0 Å². The highest BCUT2D eigenvalue weighted by atomic mass is 19.1. The van der Waals surface area contributed by atoms with Gasteiger partial charge in [-0.1, -0.05) is 42.5 Å². The molecule has 2 amide bonds. The number of nitrogens with one attached hydrogen (secondary N) is 2. The fraction of sp³-hybridized carbons (Fsp3) is 0.364. The average Bonchev–Trinajstić information content (AvgIpc) is 2.68. The fourth-order valence-corrected chi connectivity index (χ4v) is 3.47. The first-order valence-corrected chi connectivity index (χ1v) is 9.61. The minimum atomic E-state index is -0.498. The zero-order valence-electron chi connectivity index (χ0n) is 16.1. The van der Waals surface area contributed by atoms with Gasteiger partial charge in [0, 0.05) is 26.2 Å². The highest BCUT2D eigenvalue weighted by molar-refractivity contribution is 5.88. The Bertz CT molecular complexity index is 840. The molecule has 0 radical (unpaired) electrons. The second-order valence-electron chi connectivity index (χ2n) is 7.10. The molecule has 1 fully saturated rings. The molecule has 3 rings (SSSR count). The SMILES string of the molecule is Cc1ccccc1CN1CCNC(=O)[C@H]1CC(=O)NCCc1ccccc1F. The molecule has 0 spiro atoms. The first-order chi connectivity index (χ1) is 13.5. The van der Waals surface area contributed by atoms with Gasteiger partial charge in [-0.3, -0.25) is 14.5 Å². The lowest BCUT2D eigenvalue weighted by Crippen LogP contribution is -2.56. The Hall–Kier alpha value is -2.73. The quantitative estimate of drug-likeness (QED) is 0.771. The topological polar surface area (TPSA) is 61.4 Å². The van der Waals surface area contributed by atoms with E-state index in [1.807, 2.05) is 31.2 Å². The summed E-state index contributed by atoms with van der Waals surface area (Å²) in [5.41, 5.74) is 2.89. The molecule has 0 saturated carbocycles. The van der Waals surface area contributed by atoms with Gasteiger partial charge in [-0.25, -0.2) is 4.39 Å². The van der Waals surface area contributed by atoms with E-state index in [2.05, 4.69) is 15.5 Å². The molecule has 6 heteroatoms. The molecule has 0 aromatic heterocycles. The standard InChI is InChI=1S/C22H26FN3O2/c1-16-6-2-3-8-18(16)15-26-13-12-25-22(28)20(26)14-21(27)24-11-10-17-7-4-5-9-19(17)23/h2-9,20H,10-15H2,1H3,(H,24,27)(H,25,28)/t20-/m1/s1. The maximum atomic E-state index is 13.7. The van der Waals surface area contributed by atoms with Crippen molar-refractivity contribution in [2.45, 2.75) is 32.4 Å². The van der Waals surface area contributed by atoms with Crippen LogP contribution in [0, 0.1) is 12.7 Å². The van der Waals surface area contributed by atoms with E-state index in [1.54, 1.807) is 18.2 Å². The molecule has 1 aliphatic rings. The molecule has 2 N–H and O–H groups in total. The summed E-state index contributed by atoms with van der Waals surface area (Å²) in [6, 6.07) is 14.1. The molecule has 1 atom stereocenters. The van der Waals surface area contributed by atoms with E-state index in [4.69, 9.17) is 0 Å². The van der Waals surface area contributed by atoms with Gasteiger partial charge in [0.05, 0.1) is 12.5 Å². The summed E-state index contributed by atoms with van der Waals surface area (Å²) in [5.74, 6) is -0.593. The Morgan fingerprint density at radius 2 is 1.89 bits per heavy atom. The van der Waals surface area contributed by atoms with Gasteiger partial charge in [-0.2, -0.15) is 0 Å². The molecule has 2 aromatic carbocycles. The lowest BCUT2D eigenvalue weighted by Gasteiger charge is -2.35. The number of halogens is 1. The lowest BCUT2D eigenvalue weighted by atomic mass is 10.0. The largest absolute Gasteiger partial charge is 0.356 e. The summed E-state index contributed by atoms with van der Waals surface area (Å²) < 4.78 is 13.7. The summed E-state index contributed by atoms with van der Waals surface area (Å²) in [6.45, 7) is 4.30. The van der Waals surface area contributed by atoms with Crippen molar-refractivity contribution >= 4 is 11.8 Å². The van der Waals surface area contributed by atoms with Crippen molar-refractivity contribution in [1.29, 1.82) is 0 Å². The third-order valence-electron chi connectivity index (χ3n) is 5.13. The van der Waals surface area contributed by atoms with Gasteiger partial charge in [0.1, 0.15) is 5.82 Å². The van der Waals surface area contributed by atoms with Crippen LogP contribution in [0.3, 0.4) is 0 Å². The smallest absolute Gasteiger partial charge is 0.237 e. The number of hydrogen-bond donors (Lipinski definition) is 2. The van der Waals surface area contributed by atoms with Gasteiger partial charge in [-0.15, -0.1) is 0 Å². The number of carbonyl (C=O) groups excluding carboxylic acids is 2. The first kappa shape index (κ1) is 20.0. The molecule has 28 heavy (non-hydrogen) atoms. The van der Waals surface area contributed by atoms with E-state index in [0.717, 1.165) is 5.56 Å². The minimum Gasteiger partial charge on any atom is -0.356 e. The number of carbonyl (C=O) groups is 2. The van der Waals surface area contributed by atoms with Gasteiger partial charge in [-0.05, 0) is 36.1 Å². The number of hydrogen-bond acceptors (Lipinski definition) is 3. The van der Waals surface area contributed by atoms with Gasteiger partial charge in [0.15, 0.2) is 0 Å². The molecule has 5 nitrogen and oxygen atoms in total. The van der Waals surface area contributed by atoms with E-state index >= 15 is 0 Å². The van der Waals surface area contributed by atoms with E-state index in [9.17, 15) is 14.0 Å². The fourth-order valence-electron chi connectivity index (χ4n) is 3.47. The minimum absolute atomic E-state index is 0.0922. The summed E-state index contributed by atoms with van der Waals surface area (Å²) in [6.07, 6.45) is 0.511. The highest BCUT2D eigenvalue weighted by Crippen LogP contribution is 2.16. The third-order valence-corrected chi connectivity index (χ3v) is 5.13. The van der Waals surface area contributed by atoms with Gasteiger partial charge in [0.25, 0.3) is 0 Å². The molecule has 1 heterocycles. The van der Waals surface area contributed by atoms with Gasteiger partial charge < -0.3 is 10.6 Å². The van der Waals surface area contributed by atoms with Crippen LogP contribution in [0.2, 0.25) is 0 Å². The van der Waals surface area contributed by atoms with E-state index in [1.165, 1.54) is 11.6 Å². The maximum Gasteiger partial charge on any atom is 0.237 e. The van der Waals surface area contributed by atoms with Crippen LogP contribution in [-0.4, -0.2) is 42.4 Å². The molecule has 0 unspecified atom stereocenters. The number of amides is 2. The maximum absolute atomic E-state index is 13.7. The Morgan fingerprint density at radius 1 is 1.18 bits per heavy atom.